The normalized spacial score (nSPS) is 10.8. The molecule has 0 atom stereocenters. The lowest BCUT2D eigenvalue weighted by molar-refractivity contribution is 0.625. The van der Waals surface area contributed by atoms with Crippen molar-refractivity contribution in [2.24, 2.45) is 0 Å². The molecule has 0 N–H and O–H groups in total. The molecule has 0 nitrogen and oxygen atoms in total. The van der Waals surface area contributed by atoms with Crippen LogP contribution >= 0.6 is 0 Å². The van der Waals surface area contributed by atoms with E-state index < -0.39 is 0 Å². The fourth-order valence-electron chi connectivity index (χ4n) is 1.11. The van der Waals surface area contributed by atoms with Crippen LogP contribution in [0.25, 0.3) is 0 Å². The summed E-state index contributed by atoms with van der Waals surface area (Å²) in [6.07, 6.45) is 6.01. The van der Waals surface area contributed by atoms with E-state index in [0.29, 0.717) is 0 Å². The average molecular weight is 164 g/mol. The zero-order chi connectivity index (χ0) is 8.81. The van der Waals surface area contributed by atoms with Crippen molar-refractivity contribution < 1.29 is 4.39 Å². The Morgan fingerprint density at radius 2 is 2.25 bits per heavy atom. The molecular weight excluding hydrogens is 151 g/mol. The van der Waals surface area contributed by atoms with Crippen LogP contribution in [0.5, 0.6) is 0 Å². The predicted molar refractivity (Wildman–Crippen MR) is 49.5 cm³/mol. The number of aryl methyl sites for hydroxylation is 1. The van der Waals surface area contributed by atoms with Crippen molar-refractivity contribution in [1.82, 2.24) is 0 Å². The lowest BCUT2D eigenvalue weighted by atomic mass is 10.1. The van der Waals surface area contributed by atoms with Gasteiger partial charge in [0.1, 0.15) is 5.82 Å². The second-order valence-corrected chi connectivity index (χ2v) is 2.74. The maximum absolute atomic E-state index is 12.7. The van der Waals surface area contributed by atoms with E-state index in [4.69, 9.17) is 0 Å². The highest BCUT2D eigenvalue weighted by molar-refractivity contribution is 5.16. The van der Waals surface area contributed by atoms with Crippen LogP contribution in [0.1, 0.15) is 18.9 Å². The number of halogens is 1. The van der Waals surface area contributed by atoms with Gasteiger partial charge in [0.15, 0.2) is 0 Å². The molecular formula is C11H13F. The SMILES string of the molecule is C/C=C/CCc1cccc(F)c1. The van der Waals surface area contributed by atoms with Crippen molar-refractivity contribution >= 4 is 0 Å². The van der Waals surface area contributed by atoms with Crippen molar-refractivity contribution in [2.45, 2.75) is 19.8 Å². The third-order valence-electron chi connectivity index (χ3n) is 1.72. The van der Waals surface area contributed by atoms with Gasteiger partial charge in [-0.1, -0.05) is 24.3 Å². The minimum atomic E-state index is -0.145. The van der Waals surface area contributed by atoms with Crippen LogP contribution in [-0.4, -0.2) is 0 Å². The fraction of sp³-hybridized carbons (Fsp3) is 0.273. The Kier molecular flexibility index (Phi) is 3.52. The fourth-order valence-corrected chi connectivity index (χ4v) is 1.11. The van der Waals surface area contributed by atoms with E-state index in [-0.39, 0.29) is 5.82 Å². The summed E-state index contributed by atoms with van der Waals surface area (Å²) in [4.78, 5) is 0. The highest BCUT2D eigenvalue weighted by atomic mass is 19.1. The van der Waals surface area contributed by atoms with Crippen LogP contribution in [0.15, 0.2) is 36.4 Å². The van der Waals surface area contributed by atoms with Gasteiger partial charge in [-0.2, -0.15) is 0 Å². The van der Waals surface area contributed by atoms with Crippen molar-refractivity contribution in [3.63, 3.8) is 0 Å². The highest BCUT2D eigenvalue weighted by Crippen LogP contribution is 2.06. The highest BCUT2D eigenvalue weighted by Gasteiger charge is 1.92. The molecule has 0 bridgehead atoms. The summed E-state index contributed by atoms with van der Waals surface area (Å²) in [5.74, 6) is -0.145. The molecule has 0 aliphatic heterocycles. The molecule has 1 aromatic carbocycles. The average Bonchev–Trinajstić information content (AvgIpc) is 2.05. The van der Waals surface area contributed by atoms with Crippen molar-refractivity contribution in [2.75, 3.05) is 0 Å². The summed E-state index contributed by atoms with van der Waals surface area (Å²) in [7, 11) is 0. The lowest BCUT2D eigenvalue weighted by Crippen LogP contribution is -1.83. The van der Waals surface area contributed by atoms with E-state index in [1.165, 1.54) is 6.07 Å². The van der Waals surface area contributed by atoms with E-state index in [9.17, 15) is 4.39 Å². The zero-order valence-corrected chi connectivity index (χ0v) is 7.26. The monoisotopic (exact) mass is 164 g/mol. The Balaban J connectivity index is 2.52. The molecule has 0 unspecified atom stereocenters. The third kappa shape index (κ3) is 2.87. The Labute approximate surface area is 72.7 Å². The molecule has 0 heterocycles. The second-order valence-electron chi connectivity index (χ2n) is 2.74. The van der Waals surface area contributed by atoms with Gasteiger partial charge in [0.05, 0.1) is 0 Å². The maximum Gasteiger partial charge on any atom is 0.123 e. The number of allylic oxidation sites excluding steroid dienone is 2. The predicted octanol–water partition coefficient (Wildman–Crippen LogP) is 3.33. The molecule has 0 aromatic heterocycles. The van der Waals surface area contributed by atoms with E-state index in [1.807, 2.05) is 19.1 Å². The van der Waals surface area contributed by atoms with Crippen LogP contribution in [0, 0.1) is 5.82 Å². The van der Waals surface area contributed by atoms with Crippen LogP contribution in [-0.2, 0) is 6.42 Å². The Bertz CT molecular complexity index is 263. The minimum absolute atomic E-state index is 0.145. The molecule has 0 spiro atoms. The number of rotatable bonds is 3. The Hall–Kier alpha value is -1.11. The van der Waals surface area contributed by atoms with E-state index >= 15 is 0 Å². The molecule has 12 heavy (non-hydrogen) atoms. The first-order chi connectivity index (χ1) is 5.83. The van der Waals surface area contributed by atoms with Gasteiger partial charge >= 0.3 is 0 Å². The molecule has 0 aliphatic rings. The van der Waals surface area contributed by atoms with Gasteiger partial charge in [-0.3, -0.25) is 0 Å². The van der Waals surface area contributed by atoms with Crippen LogP contribution in [0.2, 0.25) is 0 Å². The zero-order valence-electron chi connectivity index (χ0n) is 7.26. The molecule has 0 saturated carbocycles. The summed E-state index contributed by atoms with van der Waals surface area (Å²) in [5.41, 5.74) is 1.06. The van der Waals surface area contributed by atoms with Crippen LogP contribution in [0.3, 0.4) is 0 Å². The molecule has 64 valence electrons. The molecule has 0 amide bonds. The first-order valence-corrected chi connectivity index (χ1v) is 4.18. The smallest absolute Gasteiger partial charge is 0.123 e. The molecule has 0 saturated heterocycles. The molecule has 0 aliphatic carbocycles. The first kappa shape index (κ1) is 8.98. The quantitative estimate of drug-likeness (QED) is 0.601. The van der Waals surface area contributed by atoms with Gasteiger partial charge in [0.2, 0.25) is 0 Å². The summed E-state index contributed by atoms with van der Waals surface area (Å²) >= 11 is 0. The summed E-state index contributed by atoms with van der Waals surface area (Å²) in [6, 6.07) is 6.76. The standard InChI is InChI=1S/C11H13F/c1-2-3-4-6-10-7-5-8-11(12)9-10/h2-3,5,7-9H,4,6H2,1H3/b3-2+. The summed E-state index contributed by atoms with van der Waals surface area (Å²) < 4.78 is 12.7. The maximum atomic E-state index is 12.7. The summed E-state index contributed by atoms with van der Waals surface area (Å²) in [5, 5.41) is 0. The molecule has 1 rings (SSSR count). The number of hydrogen-bond acceptors (Lipinski definition) is 0. The van der Waals surface area contributed by atoms with E-state index in [1.54, 1.807) is 12.1 Å². The molecule has 0 radical (unpaired) electrons. The number of hydrogen-bond donors (Lipinski definition) is 0. The molecule has 1 heteroatoms. The largest absolute Gasteiger partial charge is 0.207 e. The topological polar surface area (TPSA) is 0 Å². The van der Waals surface area contributed by atoms with Crippen molar-refractivity contribution in [3.05, 3.63) is 47.8 Å². The molecule has 0 fully saturated rings. The third-order valence-corrected chi connectivity index (χ3v) is 1.72. The van der Waals surface area contributed by atoms with Gasteiger partial charge in [0, 0.05) is 0 Å². The van der Waals surface area contributed by atoms with Gasteiger partial charge in [-0.25, -0.2) is 4.39 Å². The van der Waals surface area contributed by atoms with Gasteiger partial charge < -0.3 is 0 Å². The van der Waals surface area contributed by atoms with Crippen LogP contribution in [0.4, 0.5) is 4.39 Å². The second kappa shape index (κ2) is 4.70. The Morgan fingerprint density at radius 1 is 1.42 bits per heavy atom. The van der Waals surface area contributed by atoms with Gasteiger partial charge in [-0.05, 0) is 37.5 Å². The van der Waals surface area contributed by atoms with Gasteiger partial charge in [-0.15, -0.1) is 0 Å². The first-order valence-electron chi connectivity index (χ1n) is 4.18. The minimum Gasteiger partial charge on any atom is -0.207 e. The summed E-state index contributed by atoms with van der Waals surface area (Å²) in [6.45, 7) is 1.99. The van der Waals surface area contributed by atoms with Crippen molar-refractivity contribution in [1.29, 1.82) is 0 Å². The van der Waals surface area contributed by atoms with E-state index in [0.717, 1.165) is 18.4 Å². The molecule has 1 aromatic rings. The van der Waals surface area contributed by atoms with Crippen molar-refractivity contribution in [3.8, 4) is 0 Å². The van der Waals surface area contributed by atoms with Crippen LogP contribution < -0.4 is 0 Å². The lowest BCUT2D eigenvalue weighted by Gasteiger charge is -1.97. The van der Waals surface area contributed by atoms with Gasteiger partial charge in [0.25, 0.3) is 0 Å². The Morgan fingerprint density at radius 3 is 2.92 bits per heavy atom. The number of benzene rings is 1. The van der Waals surface area contributed by atoms with E-state index in [2.05, 4.69) is 6.08 Å².